The van der Waals surface area contributed by atoms with E-state index in [1.807, 2.05) is 6.92 Å². The van der Waals surface area contributed by atoms with Gasteiger partial charge in [-0.25, -0.2) is 13.1 Å². The van der Waals surface area contributed by atoms with E-state index in [2.05, 4.69) is 9.82 Å². The number of rotatable bonds is 6. The number of aryl methyl sites for hydroxylation is 2. The van der Waals surface area contributed by atoms with Crippen LogP contribution in [0.3, 0.4) is 0 Å². The fourth-order valence-corrected chi connectivity index (χ4v) is 3.69. The highest BCUT2D eigenvalue weighted by Gasteiger charge is 2.27. The molecule has 0 aliphatic carbocycles. The summed E-state index contributed by atoms with van der Waals surface area (Å²) in [6.07, 6.45) is 1.33. The van der Waals surface area contributed by atoms with Gasteiger partial charge in [0.1, 0.15) is 4.90 Å². The molecule has 0 radical (unpaired) electrons. The first-order chi connectivity index (χ1) is 8.60. The molecule has 7 heteroatoms. The zero-order valence-electron chi connectivity index (χ0n) is 12.2. The molecule has 1 rings (SSSR count). The molecule has 1 heterocycles. The van der Waals surface area contributed by atoms with Gasteiger partial charge in [0.25, 0.3) is 0 Å². The zero-order chi connectivity index (χ0) is 14.8. The first-order valence-corrected chi connectivity index (χ1v) is 7.81. The Kier molecular flexibility index (Phi) is 4.76. The first kappa shape index (κ1) is 16.1. The molecule has 0 aliphatic rings. The quantitative estimate of drug-likeness (QED) is 0.813. The van der Waals surface area contributed by atoms with Crippen LogP contribution in [0.1, 0.15) is 38.1 Å². The second-order valence-corrected chi connectivity index (χ2v) is 6.90. The summed E-state index contributed by atoms with van der Waals surface area (Å²) in [5.41, 5.74) is 0.00836. The molecule has 0 fully saturated rings. The normalized spacial score (nSPS) is 15.5. The highest BCUT2D eigenvalue weighted by atomic mass is 32.2. The number of hydrogen-bond acceptors (Lipinski definition) is 4. The van der Waals surface area contributed by atoms with Gasteiger partial charge in [0, 0.05) is 13.6 Å². The Labute approximate surface area is 114 Å². The molecule has 0 aromatic carbocycles. The summed E-state index contributed by atoms with van der Waals surface area (Å²) < 4.78 is 28.5. The second kappa shape index (κ2) is 5.60. The highest BCUT2D eigenvalue weighted by Crippen LogP contribution is 2.19. The SMILES string of the molecule is CCCC(C)(O)CNS(=O)(=O)c1c(C)nn(C)c1C. The number of nitrogens with zero attached hydrogens (tertiary/aromatic N) is 2. The van der Waals surface area contributed by atoms with Crippen LogP contribution in [0, 0.1) is 13.8 Å². The average molecular weight is 289 g/mol. The summed E-state index contributed by atoms with van der Waals surface area (Å²) in [6.45, 7) is 6.93. The van der Waals surface area contributed by atoms with Crippen LogP contribution in [-0.4, -0.2) is 35.5 Å². The summed E-state index contributed by atoms with van der Waals surface area (Å²) in [5, 5.41) is 14.1. The molecule has 0 aliphatic heterocycles. The molecule has 6 nitrogen and oxygen atoms in total. The minimum absolute atomic E-state index is 0.00303. The number of sulfonamides is 1. The van der Waals surface area contributed by atoms with Crippen molar-refractivity contribution in [1.82, 2.24) is 14.5 Å². The van der Waals surface area contributed by atoms with Gasteiger partial charge in [-0.2, -0.15) is 5.10 Å². The molecule has 110 valence electrons. The maximum absolute atomic E-state index is 12.3. The molecule has 1 aromatic heterocycles. The summed E-state index contributed by atoms with van der Waals surface area (Å²) in [7, 11) is -1.94. The first-order valence-electron chi connectivity index (χ1n) is 6.33. The van der Waals surface area contributed by atoms with Crippen LogP contribution in [-0.2, 0) is 17.1 Å². The van der Waals surface area contributed by atoms with Crippen molar-refractivity contribution in [3.8, 4) is 0 Å². The van der Waals surface area contributed by atoms with Gasteiger partial charge in [0.05, 0.1) is 17.0 Å². The largest absolute Gasteiger partial charge is 0.389 e. The molecule has 1 aromatic rings. The van der Waals surface area contributed by atoms with Gasteiger partial charge in [0.2, 0.25) is 10.0 Å². The lowest BCUT2D eigenvalue weighted by molar-refractivity contribution is 0.0554. The maximum Gasteiger partial charge on any atom is 0.244 e. The van der Waals surface area contributed by atoms with Crippen molar-refractivity contribution in [2.45, 2.75) is 51.0 Å². The van der Waals surface area contributed by atoms with Gasteiger partial charge in [-0.3, -0.25) is 4.68 Å². The smallest absolute Gasteiger partial charge is 0.244 e. The Morgan fingerprint density at radius 1 is 1.42 bits per heavy atom. The number of aliphatic hydroxyl groups is 1. The van der Waals surface area contributed by atoms with E-state index in [9.17, 15) is 13.5 Å². The molecule has 0 amide bonds. The second-order valence-electron chi connectivity index (χ2n) is 5.20. The van der Waals surface area contributed by atoms with Gasteiger partial charge in [0.15, 0.2) is 0 Å². The number of aromatic nitrogens is 2. The van der Waals surface area contributed by atoms with E-state index >= 15 is 0 Å². The van der Waals surface area contributed by atoms with Gasteiger partial charge >= 0.3 is 0 Å². The van der Waals surface area contributed by atoms with Crippen LogP contribution in [0.5, 0.6) is 0 Å². The van der Waals surface area contributed by atoms with E-state index in [4.69, 9.17) is 0 Å². The lowest BCUT2D eigenvalue weighted by Gasteiger charge is -2.22. The minimum atomic E-state index is -3.65. The van der Waals surface area contributed by atoms with Crippen molar-refractivity contribution >= 4 is 10.0 Å². The van der Waals surface area contributed by atoms with Crippen molar-refractivity contribution in [3.63, 3.8) is 0 Å². The lowest BCUT2D eigenvalue weighted by Crippen LogP contribution is -2.40. The predicted molar refractivity (Wildman–Crippen MR) is 73.4 cm³/mol. The van der Waals surface area contributed by atoms with Crippen molar-refractivity contribution < 1.29 is 13.5 Å². The van der Waals surface area contributed by atoms with E-state index in [0.717, 1.165) is 6.42 Å². The molecular formula is C12H23N3O3S. The fourth-order valence-electron chi connectivity index (χ4n) is 2.09. The van der Waals surface area contributed by atoms with Gasteiger partial charge in [-0.15, -0.1) is 0 Å². The van der Waals surface area contributed by atoms with Crippen LogP contribution < -0.4 is 4.72 Å². The van der Waals surface area contributed by atoms with Gasteiger partial charge in [-0.1, -0.05) is 13.3 Å². The Hall–Kier alpha value is -0.920. The Morgan fingerprint density at radius 3 is 2.42 bits per heavy atom. The van der Waals surface area contributed by atoms with E-state index < -0.39 is 15.6 Å². The third-order valence-electron chi connectivity index (χ3n) is 3.14. The lowest BCUT2D eigenvalue weighted by atomic mass is 10.0. The summed E-state index contributed by atoms with van der Waals surface area (Å²) in [4.78, 5) is 0.197. The Morgan fingerprint density at radius 2 is 2.00 bits per heavy atom. The van der Waals surface area contributed by atoms with Crippen molar-refractivity contribution in [2.75, 3.05) is 6.54 Å². The Balaban J connectivity index is 2.94. The molecule has 1 unspecified atom stereocenters. The van der Waals surface area contributed by atoms with E-state index in [0.29, 0.717) is 17.8 Å². The summed E-state index contributed by atoms with van der Waals surface area (Å²) in [6, 6.07) is 0. The fraction of sp³-hybridized carbons (Fsp3) is 0.750. The highest BCUT2D eigenvalue weighted by molar-refractivity contribution is 7.89. The molecule has 1 atom stereocenters. The van der Waals surface area contributed by atoms with Crippen LogP contribution >= 0.6 is 0 Å². The van der Waals surface area contributed by atoms with E-state index in [-0.39, 0.29) is 11.4 Å². The average Bonchev–Trinajstić information content (AvgIpc) is 2.51. The summed E-state index contributed by atoms with van der Waals surface area (Å²) >= 11 is 0. The summed E-state index contributed by atoms with van der Waals surface area (Å²) in [5.74, 6) is 0. The van der Waals surface area contributed by atoms with Crippen LogP contribution in [0.15, 0.2) is 4.90 Å². The third-order valence-corrected chi connectivity index (χ3v) is 4.80. The van der Waals surface area contributed by atoms with Crippen LogP contribution in [0.25, 0.3) is 0 Å². The van der Waals surface area contributed by atoms with Crippen molar-refractivity contribution in [2.24, 2.45) is 7.05 Å². The van der Waals surface area contributed by atoms with E-state index in [1.165, 1.54) is 4.68 Å². The van der Waals surface area contributed by atoms with Crippen molar-refractivity contribution in [1.29, 1.82) is 0 Å². The van der Waals surface area contributed by atoms with Gasteiger partial charge in [-0.05, 0) is 27.2 Å². The standard InChI is InChI=1S/C12H23N3O3S/c1-6-7-12(4,16)8-13-19(17,18)11-9(2)14-15(5)10(11)3/h13,16H,6-8H2,1-5H3. The molecule has 0 spiro atoms. The van der Waals surface area contributed by atoms with E-state index in [1.54, 1.807) is 27.8 Å². The molecule has 2 N–H and O–H groups in total. The molecule has 0 saturated heterocycles. The monoisotopic (exact) mass is 289 g/mol. The third kappa shape index (κ3) is 3.77. The molecule has 19 heavy (non-hydrogen) atoms. The Bertz CT molecular complexity index is 547. The topological polar surface area (TPSA) is 84.2 Å². The number of hydrogen-bond donors (Lipinski definition) is 2. The minimum Gasteiger partial charge on any atom is -0.389 e. The molecule has 0 saturated carbocycles. The molecular weight excluding hydrogens is 266 g/mol. The zero-order valence-corrected chi connectivity index (χ0v) is 13.0. The number of nitrogens with one attached hydrogen (secondary N) is 1. The van der Waals surface area contributed by atoms with Crippen LogP contribution in [0.4, 0.5) is 0 Å². The maximum atomic E-state index is 12.3. The van der Waals surface area contributed by atoms with Crippen LogP contribution in [0.2, 0.25) is 0 Å². The molecule has 0 bridgehead atoms. The van der Waals surface area contributed by atoms with Gasteiger partial charge < -0.3 is 5.11 Å². The predicted octanol–water partition coefficient (Wildman–Crippen LogP) is 0.866. The van der Waals surface area contributed by atoms with Crippen molar-refractivity contribution in [3.05, 3.63) is 11.4 Å².